The van der Waals surface area contributed by atoms with E-state index < -0.39 is 0 Å². The van der Waals surface area contributed by atoms with E-state index in [1.54, 1.807) is 24.5 Å². The lowest BCUT2D eigenvalue weighted by Crippen LogP contribution is -2.45. The van der Waals surface area contributed by atoms with Crippen LogP contribution in [0.5, 0.6) is 0 Å². The first kappa shape index (κ1) is 13.0. The Balaban J connectivity index is 1.95. The Hall–Kier alpha value is -1.42. The molecule has 3 N–H and O–H groups in total. The number of carbonyl (C=O) groups excluding carboxylic acids is 1. The van der Waals surface area contributed by atoms with Gasteiger partial charge in [0.2, 0.25) is 0 Å². The summed E-state index contributed by atoms with van der Waals surface area (Å²) >= 11 is 0. The third kappa shape index (κ3) is 3.29. The molecule has 0 aliphatic heterocycles. The smallest absolute Gasteiger partial charge is 0.251 e. The predicted molar refractivity (Wildman–Crippen MR) is 71.1 cm³/mol. The zero-order valence-corrected chi connectivity index (χ0v) is 10.6. The Morgan fingerprint density at radius 1 is 1.33 bits per heavy atom. The highest BCUT2D eigenvalue weighted by atomic mass is 16.1. The molecule has 1 aromatic rings. The third-order valence-electron chi connectivity index (χ3n) is 3.73. The molecule has 1 fully saturated rings. The number of nitrogens with two attached hydrogens (primary N) is 1. The number of carbonyl (C=O) groups is 1. The molecule has 4 heteroatoms. The molecule has 1 aliphatic carbocycles. The summed E-state index contributed by atoms with van der Waals surface area (Å²) in [5.74, 6) is 0.493. The summed E-state index contributed by atoms with van der Waals surface area (Å²) in [7, 11) is 0. The fourth-order valence-electron chi connectivity index (χ4n) is 2.66. The van der Waals surface area contributed by atoms with Gasteiger partial charge in [-0.25, -0.2) is 0 Å². The van der Waals surface area contributed by atoms with E-state index in [1.807, 2.05) is 0 Å². The van der Waals surface area contributed by atoms with Crippen molar-refractivity contribution in [2.75, 3.05) is 6.54 Å². The first-order valence-electron chi connectivity index (χ1n) is 6.72. The van der Waals surface area contributed by atoms with Crippen LogP contribution in [0.4, 0.5) is 0 Å². The quantitative estimate of drug-likeness (QED) is 0.851. The van der Waals surface area contributed by atoms with Crippen molar-refractivity contribution in [2.24, 2.45) is 11.7 Å². The van der Waals surface area contributed by atoms with E-state index in [0.29, 0.717) is 18.0 Å². The maximum atomic E-state index is 12.1. The Morgan fingerprint density at radius 3 is 2.61 bits per heavy atom. The van der Waals surface area contributed by atoms with Gasteiger partial charge < -0.3 is 11.1 Å². The van der Waals surface area contributed by atoms with Crippen molar-refractivity contribution in [3.63, 3.8) is 0 Å². The van der Waals surface area contributed by atoms with Gasteiger partial charge in [0.25, 0.3) is 5.91 Å². The van der Waals surface area contributed by atoms with Crippen LogP contribution in [0.25, 0.3) is 0 Å². The van der Waals surface area contributed by atoms with Gasteiger partial charge in [-0.05, 0) is 30.9 Å². The molecule has 1 unspecified atom stereocenters. The Morgan fingerprint density at radius 2 is 2.00 bits per heavy atom. The van der Waals surface area contributed by atoms with Crippen molar-refractivity contribution >= 4 is 5.91 Å². The van der Waals surface area contributed by atoms with Crippen LogP contribution in [0.3, 0.4) is 0 Å². The summed E-state index contributed by atoms with van der Waals surface area (Å²) in [6.07, 6.45) is 9.45. The molecule has 4 nitrogen and oxygen atoms in total. The Kier molecular flexibility index (Phi) is 4.70. The van der Waals surface area contributed by atoms with Gasteiger partial charge in [-0.1, -0.05) is 19.3 Å². The molecule has 0 saturated heterocycles. The topological polar surface area (TPSA) is 68.0 Å². The third-order valence-corrected chi connectivity index (χ3v) is 3.73. The maximum Gasteiger partial charge on any atom is 0.251 e. The van der Waals surface area contributed by atoms with Gasteiger partial charge in [0.05, 0.1) is 0 Å². The lowest BCUT2D eigenvalue weighted by atomic mass is 9.84. The van der Waals surface area contributed by atoms with Gasteiger partial charge in [0, 0.05) is 30.5 Å². The van der Waals surface area contributed by atoms with E-state index in [0.717, 1.165) is 0 Å². The van der Waals surface area contributed by atoms with Gasteiger partial charge in [-0.15, -0.1) is 0 Å². The van der Waals surface area contributed by atoms with E-state index >= 15 is 0 Å². The molecular weight excluding hydrogens is 226 g/mol. The Labute approximate surface area is 108 Å². The van der Waals surface area contributed by atoms with E-state index in [-0.39, 0.29) is 11.9 Å². The monoisotopic (exact) mass is 247 g/mol. The van der Waals surface area contributed by atoms with Gasteiger partial charge in [0.1, 0.15) is 0 Å². The minimum absolute atomic E-state index is 0.0431. The van der Waals surface area contributed by atoms with Crippen molar-refractivity contribution < 1.29 is 4.79 Å². The summed E-state index contributed by atoms with van der Waals surface area (Å²) in [4.78, 5) is 16.0. The van der Waals surface area contributed by atoms with Gasteiger partial charge >= 0.3 is 0 Å². The number of rotatable bonds is 4. The van der Waals surface area contributed by atoms with E-state index in [4.69, 9.17) is 5.73 Å². The molecule has 1 aromatic heterocycles. The van der Waals surface area contributed by atoms with Crippen LogP contribution in [-0.4, -0.2) is 23.5 Å². The average molecular weight is 247 g/mol. The lowest BCUT2D eigenvalue weighted by molar-refractivity contribution is 0.0915. The van der Waals surface area contributed by atoms with E-state index in [2.05, 4.69) is 10.3 Å². The van der Waals surface area contributed by atoms with Crippen molar-refractivity contribution in [2.45, 2.75) is 38.1 Å². The van der Waals surface area contributed by atoms with Gasteiger partial charge in [0.15, 0.2) is 0 Å². The standard InChI is InChI=1S/C14H21N3O/c15-10-13(11-4-2-1-3-5-11)17-14(18)12-6-8-16-9-7-12/h6-9,11,13H,1-5,10,15H2,(H,17,18). The predicted octanol–water partition coefficient (Wildman–Crippen LogP) is 1.72. The van der Waals surface area contributed by atoms with Crippen LogP contribution in [-0.2, 0) is 0 Å². The highest BCUT2D eigenvalue weighted by molar-refractivity contribution is 5.94. The Bertz CT molecular complexity index is 374. The molecule has 0 bridgehead atoms. The zero-order valence-electron chi connectivity index (χ0n) is 10.6. The number of amides is 1. The van der Waals surface area contributed by atoms with Crippen LogP contribution < -0.4 is 11.1 Å². The molecule has 1 amide bonds. The normalized spacial score (nSPS) is 18.3. The highest BCUT2D eigenvalue weighted by Gasteiger charge is 2.24. The number of hydrogen-bond donors (Lipinski definition) is 2. The van der Waals surface area contributed by atoms with Crippen LogP contribution in [0.1, 0.15) is 42.5 Å². The minimum Gasteiger partial charge on any atom is -0.348 e. The first-order valence-corrected chi connectivity index (χ1v) is 6.72. The van der Waals surface area contributed by atoms with Crippen molar-refractivity contribution in [3.8, 4) is 0 Å². The van der Waals surface area contributed by atoms with E-state index in [1.165, 1.54) is 32.1 Å². The highest BCUT2D eigenvalue weighted by Crippen LogP contribution is 2.26. The van der Waals surface area contributed by atoms with Crippen LogP contribution in [0.15, 0.2) is 24.5 Å². The molecule has 98 valence electrons. The number of nitrogens with one attached hydrogen (secondary N) is 1. The first-order chi connectivity index (χ1) is 8.81. The lowest BCUT2D eigenvalue weighted by Gasteiger charge is -2.30. The number of pyridine rings is 1. The maximum absolute atomic E-state index is 12.1. The van der Waals surface area contributed by atoms with Crippen LogP contribution in [0, 0.1) is 5.92 Å². The fourth-order valence-corrected chi connectivity index (χ4v) is 2.66. The fraction of sp³-hybridized carbons (Fsp3) is 0.571. The van der Waals surface area contributed by atoms with E-state index in [9.17, 15) is 4.79 Å². The molecule has 0 aromatic carbocycles. The SMILES string of the molecule is NCC(NC(=O)c1ccncc1)C1CCCCC1. The molecule has 1 heterocycles. The van der Waals surface area contributed by atoms with Crippen molar-refractivity contribution in [1.29, 1.82) is 0 Å². The molecule has 1 atom stereocenters. The molecule has 0 spiro atoms. The van der Waals surface area contributed by atoms with Gasteiger partial charge in [-0.3, -0.25) is 9.78 Å². The minimum atomic E-state index is -0.0431. The number of nitrogens with zero attached hydrogens (tertiary/aromatic N) is 1. The second-order valence-electron chi connectivity index (χ2n) is 4.95. The molecule has 0 radical (unpaired) electrons. The molecule has 1 aliphatic rings. The summed E-state index contributed by atoms with van der Waals surface area (Å²) < 4.78 is 0. The molecule has 1 saturated carbocycles. The van der Waals surface area contributed by atoms with Crippen LogP contribution >= 0.6 is 0 Å². The zero-order chi connectivity index (χ0) is 12.8. The second-order valence-corrected chi connectivity index (χ2v) is 4.95. The molecule has 18 heavy (non-hydrogen) atoms. The van der Waals surface area contributed by atoms with Crippen molar-refractivity contribution in [1.82, 2.24) is 10.3 Å². The number of hydrogen-bond acceptors (Lipinski definition) is 3. The van der Waals surface area contributed by atoms with Crippen LogP contribution in [0.2, 0.25) is 0 Å². The largest absolute Gasteiger partial charge is 0.348 e. The number of aromatic nitrogens is 1. The molecular formula is C14H21N3O. The summed E-state index contributed by atoms with van der Waals surface area (Å²) in [6, 6.07) is 3.55. The second kappa shape index (κ2) is 6.50. The molecule has 2 rings (SSSR count). The average Bonchev–Trinajstić information content (AvgIpc) is 2.46. The summed E-state index contributed by atoms with van der Waals surface area (Å²) in [5.41, 5.74) is 6.46. The summed E-state index contributed by atoms with van der Waals surface area (Å²) in [6.45, 7) is 0.515. The van der Waals surface area contributed by atoms with Crippen molar-refractivity contribution in [3.05, 3.63) is 30.1 Å². The summed E-state index contributed by atoms with van der Waals surface area (Å²) in [5, 5.41) is 3.06. The van der Waals surface area contributed by atoms with Gasteiger partial charge in [-0.2, -0.15) is 0 Å².